The maximum atomic E-state index is 5.40. The van der Waals surface area contributed by atoms with Crippen molar-refractivity contribution in [3.05, 3.63) is 21.6 Å². The van der Waals surface area contributed by atoms with Crippen LogP contribution in [0.3, 0.4) is 0 Å². The van der Waals surface area contributed by atoms with Crippen molar-refractivity contribution in [2.24, 2.45) is 0 Å². The van der Waals surface area contributed by atoms with E-state index in [0.29, 0.717) is 15.6 Å². The quantitative estimate of drug-likeness (QED) is 0.404. The van der Waals surface area contributed by atoms with E-state index in [1.54, 1.807) is 0 Å². The molecule has 1 radical (unpaired) electrons. The molecule has 0 aromatic carbocycles. The van der Waals surface area contributed by atoms with Crippen molar-refractivity contribution in [1.82, 2.24) is 0 Å². The average Bonchev–Trinajstić information content (AvgIpc) is 1.96. The highest BCUT2D eigenvalue weighted by atomic mass is 32.2. The van der Waals surface area contributed by atoms with Gasteiger partial charge in [0, 0.05) is 11.0 Å². The minimum atomic E-state index is -0.260. The van der Waals surface area contributed by atoms with Gasteiger partial charge in [0.1, 0.15) is 16.4 Å². The van der Waals surface area contributed by atoms with Crippen LogP contribution in [-0.2, 0) is 4.74 Å². The molecule has 1 rings (SSSR count). The predicted octanol–water partition coefficient (Wildman–Crippen LogP) is 2.35. The van der Waals surface area contributed by atoms with Crippen LogP contribution in [0.2, 0.25) is 0 Å². The maximum Gasteiger partial charge on any atom is 0.134 e. The molecule has 0 aromatic heterocycles. The zero-order chi connectivity index (χ0) is 9.30. The summed E-state index contributed by atoms with van der Waals surface area (Å²) in [6.45, 7) is 1.88. The van der Waals surface area contributed by atoms with Gasteiger partial charge in [-0.3, -0.25) is 0 Å². The average molecular weight is 237 g/mol. The molecular formula is C7H9OS4. The van der Waals surface area contributed by atoms with Crippen LogP contribution in [0.25, 0.3) is 0 Å². The van der Waals surface area contributed by atoms with E-state index in [9.17, 15) is 0 Å². The maximum absolute atomic E-state index is 5.40. The van der Waals surface area contributed by atoms with Crippen LogP contribution >= 0.6 is 50.5 Å². The van der Waals surface area contributed by atoms with E-state index in [0.717, 1.165) is 0 Å². The van der Waals surface area contributed by atoms with Gasteiger partial charge in [-0.1, -0.05) is 0 Å². The molecule has 0 saturated carbocycles. The van der Waals surface area contributed by atoms with Crippen molar-refractivity contribution in [2.75, 3.05) is 0 Å². The van der Waals surface area contributed by atoms with E-state index < -0.39 is 0 Å². The van der Waals surface area contributed by atoms with Crippen molar-refractivity contribution in [2.45, 2.75) is 17.6 Å². The third-order valence-corrected chi connectivity index (χ3v) is 2.78. The lowest BCUT2D eigenvalue weighted by Gasteiger charge is -2.23. The normalized spacial score (nSPS) is 24.2. The Balaban J connectivity index is 2.96. The van der Waals surface area contributed by atoms with Gasteiger partial charge in [-0.2, -0.15) is 25.3 Å². The molecule has 1 aliphatic rings. The molecule has 1 nitrogen and oxygen atoms in total. The van der Waals surface area contributed by atoms with Crippen LogP contribution < -0.4 is 0 Å². The fraction of sp³-hybridized carbons (Fsp3) is 0.429. The number of rotatable bonds is 1. The minimum absolute atomic E-state index is 0.106. The molecule has 1 aliphatic heterocycles. The van der Waals surface area contributed by atoms with Gasteiger partial charge < -0.3 is 4.74 Å². The lowest BCUT2D eigenvalue weighted by Crippen LogP contribution is -2.15. The molecule has 1 heterocycles. The van der Waals surface area contributed by atoms with Gasteiger partial charge in [-0.05, 0) is 6.92 Å². The Labute approximate surface area is 94.3 Å². The molecular weight excluding hydrogens is 228 g/mol. The van der Waals surface area contributed by atoms with Crippen molar-refractivity contribution >= 4 is 50.5 Å². The summed E-state index contributed by atoms with van der Waals surface area (Å²) in [7, 11) is 0. The Morgan fingerprint density at radius 2 is 2.00 bits per heavy atom. The van der Waals surface area contributed by atoms with Crippen LogP contribution in [0.1, 0.15) is 6.92 Å². The fourth-order valence-electron chi connectivity index (χ4n) is 0.836. The van der Waals surface area contributed by atoms with Crippen LogP contribution in [0.4, 0.5) is 0 Å². The molecule has 0 aliphatic carbocycles. The lowest BCUT2D eigenvalue weighted by atomic mass is 10.2. The lowest BCUT2D eigenvalue weighted by molar-refractivity contribution is 0.160. The Bertz CT molecular complexity index is 244. The SMILES string of the molecule is CC1[C]=C(S)C(S)=C(C(S)S)O1. The zero-order valence-corrected chi connectivity index (χ0v) is 9.93. The summed E-state index contributed by atoms with van der Waals surface area (Å²) >= 11 is 16.7. The summed E-state index contributed by atoms with van der Waals surface area (Å²) < 4.78 is 5.14. The second-order valence-corrected chi connectivity index (χ2v) is 4.67. The fourth-order valence-corrected chi connectivity index (χ4v) is 1.96. The van der Waals surface area contributed by atoms with E-state index in [-0.39, 0.29) is 10.7 Å². The van der Waals surface area contributed by atoms with E-state index in [1.165, 1.54) is 0 Å². The number of hydrogen-bond donors (Lipinski definition) is 4. The standard InChI is InChI=1S/C7H9OS4/c1-3-2-4(9)6(10)5(8-3)7(11)12/h3,7,9-12H,1H3. The molecule has 0 aromatic rings. The molecule has 0 bridgehead atoms. The Kier molecular flexibility index (Phi) is 3.82. The summed E-state index contributed by atoms with van der Waals surface area (Å²) in [5, 5.41) is 0. The van der Waals surface area contributed by atoms with Gasteiger partial charge in [0.15, 0.2) is 0 Å². The predicted molar refractivity (Wildman–Crippen MR) is 64.1 cm³/mol. The number of ether oxygens (including phenoxy) is 1. The highest BCUT2D eigenvalue weighted by Crippen LogP contribution is 2.32. The van der Waals surface area contributed by atoms with E-state index in [2.05, 4.69) is 56.6 Å². The van der Waals surface area contributed by atoms with Gasteiger partial charge in [-0.25, -0.2) is 0 Å². The van der Waals surface area contributed by atoms with E-state index >= 15 is 0 Å². The first kappa shape index (κ1) is 10.8. The molecule has 1 unspecified atom stereocenters. The van der Waals surface area contributed by atoms with Crippen molar-refractivity contribution in [3.8, 4) is 0 Å². The molecule has 0 spiro atoms. The molecule has 1 atom stereocenters. The molecule has 0 saturated heterocycles. The van der Waals surface area contributed by atoms with Crippen LogP contribution in [0.5, 0.6) is 0 Å². The zero-order valence-electron chi connectivity index (χ0n) is 6.35. The Morgan fingerprint density at radius 1 is 1.42 bits per heavy atom. The molecule has 12 heavy (non-hydrogen) atoms. The van der Waals surface area contributed by atoms with Crippen LogP contribution in [0.15, 0.2) is 15.6 Å². The summed E-state index contributed by atoms with van der Waals surface area (Å²) in [5.41, 5.74) is 0. The monoisotopic (exact) mass is 237 g/mol. The summed E-state index contributed by atoms with van der Waals surface area (Å²) in [6, 6.07) is 0. The van der Waals surface area contributed by atoms with E-state index in [1.807, 2.05) is 6.92 Å². The van der Waals surface area contributed by atoms with Crippen molar-refractivity contribution in [1.29, 1.82) is 0 Å². The summed E-state index contributed by atoms with van der Waals surface area (Å²) in [4.78, 5) is 1.35. The van der Waals surface area contributed by atoms with Gasteiger partial charge in [0.2, 0.25) is 0 Å². The molecule has 0 fully saturated rings. The molecule has 67 valence electrons. The first-order valence-corrected chi connectivity index (χ1v) is 5.24. The second-order valence-electron chi connectivity index (χ2n) is 2.34. The minimum Gasteiger partial charge on any atom is -0.487 e. The Morgan fingerprint density at radius 3 is 2.50 bits per heavy atom. The summed E-state index contributed by atoms with van der Waals surface area (Å²) in [5.74, 6) is 0.640. The van der Waals surface area contributed by atoms with E-state index in [4.69, 9.17) is 4.74 Å². The van der Waals surface area contributed by atoms with Gasteiger partial charge in [-0.15, -0.1) is 25.3 Å². The second kappa shape index (κ2) is 4.26. The summed E-state index contributed by atoms with van der Waals surface area (Å²) in [6.07, 6.45) is 2.86. The topological polar surface area (TPSA) is 9.23 Å². The molecule has 0 amide bonds. The van der Waals surface area contributed by atoms with Crippen molar-refractivity contribution in [3.63, 3.8) is 0 Å². The molecule has 5 heteroatoms. The van der Waals surface area contributed by atoms with Gasteiger partial charge in [0.05, 0.1) is 4.91 Å². The Hall–Kier alpha value is 0.680. The highest BCUT2D eigenvalue weighted by Gasteiger charge is 2.20. The third-order valence-electron chi connectivity index (χ3n) is 1.34. The highest BCUT2D eigenvalue weighted by molar-refractivity contribution is 7.99. The molecule has 0 N–H and O–H groups in total. The van der Waals surface area contributed by atoms with Gasteiger partial charge >= 0.3 is 0 Å². The van der Waals surface area contributed by atoms with Crippen molar-refractivity contribution < 1.29 is 4.74 Å². The first-order chi connectivity index (χ1) is 5.52. The largest absolute Gasteiger partial charge is 0.487 e. The van der Waals surface area contributed by atoms with Crippen LogP contribution in [0, 0.1) is 6.08 Å². The van der Waals surface area contributed by atoms with Gasteiger partial charge in [0.25, 0.3) is 0 Å². The first-order valence-electron chi connectivity index (χ1n) is 3.31. The number of hydrogen-bond acceptors (Lipinski definition) is 5. The third kappa shape index (κ3) is 2.34. The van der Waals surface area contributed by atoms with Crippen LogP contribution in [-0.4, -0.2) is 10.7 Å². The number of thiol groups is 4. The smallest absolute Gasteiger partial charge is 0.134 e.